The molecule has 0 atom stereocenters. The Hall–Kier alpha value is -2.50. The molecule has 0 radical (unpaired) electrons. The molecule has 1 N–H and O–H groups in total. The van der Waals surface area contributed by atoms with E-state index in [2.05, 4.69) is 40.1 Å². The molecule has 1 saturated heterocycles. The monoisotopic (exact) mass is 575 g/mol. The summed E-state index contributed by atoms with van der Waals surface area (Å²) in [5.74, 6) is 0.838. The Morgan fingerprint density at radius 2 is 1.97 bits per heavy atom. The van der Waals surface area contributed by atoms with Gasteiger partial charge in [-0.2, -0.15) is 0 Å². The number of piperidine rings is 1. The normalized spacial score (nSPS) is 15.1. The predicted molar refractivity (Wildman–Crippen MR) is 146 cm³/mol. The molecule has 4 heterocycles. The molecule has 1 aliphatic heterocycles. The van der Waals surface area contributed by atoms with Crippen molar-refractivity contribution >= 4 is 41.1 Å². The minimum Gasteiger partial charge on any atom is -0.465 e. The zero-order valence-corrected chi connectivity index (χ0v) is 24.1. The summed E-state index contributed by atoms with van der Waals surface area (Å²) in [5.41, 5.74) is 4.06. The molecular weight excluding hydrogens is 542 g/mol. The Bertz CT molecular complexity index is 1310. The van der Waals surface area contributed by atoms with Crippen molar-refractivity contribution in [2.45, 2.75) is 58.1 Å². The van der Waals surface area contributed by atoms with Crippen molar-refractivity contribution in [1.29, 1.82) is 0 Å². The van der Waals surface area contributed by atoms with Crippen molar-refractivity contribution in [2.75, 3.05) is 19.7 Å². The maximum atomic E-state index is 12.3. The number of ether oxygens (including phenoxy) is 1. The number of hydrogen-bond acceptors (Lipinski definition) is 5. The Balaban J connectivity index is 1.74. The molecule has 0 saturated carbocycles. The quantitative estimate of drug-likeness (QED) is 0.313. The Kier molecular flexibility index (Phi) is 7.72. The fourth-order valence-electron chi connectivity index (χ4n) is 4.58. The molecule has 4 rings (SSSR count). The molecule has 9 nitrogen and oxygen atoms in total. The first-order valence-electron chi connectivity index (χ1n) is 12.2. The second kappa shape index (κ2) is 10.5. The van der Waals surface area contributed by atoms with Gasteiger partial charge in [-0.3, -0.25) is 4.79 Å². The van der Waals surface area contributed by atoms with Gasteiger partial charge in [0.15, 0.2) is 0 Å². The highest BCUT2D eigenvalue weighted by Gasteiger charge is 2.27. The van der Waals surface area contributed by atoms with E-state index in [1.165, 1.54) is 4.90 Å². The van der Waals surface area contributed by atoms with Gasteiger partial charge in [0.05, 0.1) is 21.9 Å². The lowest BCUT2D eigenvalue weighted by Gasteiger charge is -2.29. The van der Waals surface area contributed by atoms with Crippen LogP contribution in [0.15, 0.2) is 27.7 Å². The third kappa shape index (κ3) is 5.57. The van der Waals surface area contributed by atoms with Crippen molar-refractivity contribution in [3.8, 4) is 11.3 Å². The molecule has 0 aliphatic carbocycles. The van der Waals surface area contributed by atoms with Gasteiger partial charge in [-0.1, -0.05) is 19.6 Å². The lowest BCUT2D eigenvalue weighted by Crippen LogP contribution is -2.37. The molecule has 11 heteroatoms. The molecule has 3 aromatic rings. The first kappa shape index (κ1) is 26.6. The van der Waals surface area contributed by atoms with E-state index in [0.717, 1.165) is 38.6 Å². The van der Waals surface area contributed by atoms with Gasteiger partial charge < -0.3 is 23.9 Å². The minimum atomic E-state index is -1.23. The fraction of sp³-hybridized carbons (Fsp3) is 0.520. The smallest absolute Gasteiger partial charge is 0.407 e. The van der Waals surface area contributed by atoms with Crippen LogP contribution in [-0.4, -0.2) is 63.0 Å². The number of likely N-dealkylation sites (tertiary alicyclic amines) is 1. The van der Waals surface area contributed by atoms with Gasteiger partial charge in [0.1, 0.15) is 18.1 Å². The molecule has 0 spiro atoms. The van der Waals surface area contributed by atoms with Crippen LogP contribution >= 0.6 is 15.9 Å². The fourth-order valence-corrected chi connectivity index (χ4v) is 6.07. The van der Waals surface area contributed by atoms with Crippen molar-refractivity contribution in [2.24, 2.45) is 7.05 Å². The highest BCUT2D eigenvalue weighted by atomic mass is 79.9. The lowest BCUT2D eigenvalue weighted by atomic mass is 9.96. The van der Waals surface area contributed by atoms with E-state index in [-0.39, 0.29) is 11.5 Å². The molecule has 3 aromatic heterocycles. The van der Waals surface area contributed by atoms with E-state index >= 15 is 0 Å². The third-order valence-electron chi connectivity index (χ3n) is 6.75. The van der Waals surface area contributed by atoms with Crippen LogP contribution in [0.25, 0.3) is 22.3 Å². The van der Waals surface area contributed by atoms with Crippen LogP contribution in [0.4, 0.5) is 4.79 Å². The molecule has 0 aromatic carbocycles. The Morgan fingerprint density at radius 1 is 1.28 bits per heavy atom. The number of nitrogens with zero attached hydrogens (tertiary/aromatic N) is 5. The van der Waals surface area contributed by atoms with Gasteiger partial charge in [0.25, 0.3) is 5.56 Å². The average Bonchev–Trinajstić information content (AvgIpc) is 3.10. The number of aromatic nitrogens is 4. The average molecular weight is 577 g/mol. The topological polar surface area (TPSA) is 102 Å². The molecule has 1 amide bonds. The summed E-state index contributed by atoms with van der Waals surface area (Å²) in [6.07, 6.45) is 4.19. The zero-order chi connectivity index (χ0) is 26.2. The van der Waals surface area contributed by atoms with Crippen LogP contribution in [0.1, 0.15) is 30.1 Å². The van der Waals surface area contributed by atoms with E-state index in [4.69, 9.17) is 14.7 Å². The van der Waals surface area contributed by atoms with E-state index in [0.29, 0.717) is 44.8 Å². The molecule has 0 bridgehead atoms. The van der Waals surface area contributed by atoms with Gasteiger partial charge in [-0.25, -0.2) is 14.8 Å². The lowest BCUT2D eigenvalue weighted by molar-refractivity contribution is 0.0911. The first-order valence-corrected chi connectivity index (χ1v) is 16.7. The van der Waals surface area contributed by atoms with Crippen molar-refractivity contribution in [3.63, 3.8) is 0 Å². The highest BCUT2D eigenvalue weighted by Crippen LogP contribution is 2.38. The van der Waals surface area contributed by atoms with Crippen LogP contribution in [-0.2, 0) is 18.5 Å². The van der Waals surface area contributed by atoms with E-state index in [9.17, 15) is 14.7 Å². The number of rotatable bonds is 7. The number of aryl methyl sites for hydroxylation is 2. The van der Waals surface area contributed by atoms with Gasteiger partial charge in [0, 0.05) is 58.1 Å². The summed E-state index contributed by atoms with van der Waals surface area (Å²) < 4.78 is 10.6. The van der Waals surface area contributed by atoms with Gasteiger partial charge in [-0.05, 0) is 47.8 Å². The van der Waals surface area contributed by atoms with Gasteiger partial charge >= 0.3 is 6.09 Å². The summed E-state index contributed by atoms with van der Waals surface area (Å²) in [4.78, 5) is 34.7. The van der Waals surface area contributed by atoms with Gasteiger partial charge in [0.2, 0.25) is 0 Å². The maximum Gasteiger partial charge on any atom is 0.407 e. The molecular formula is C25H34BrN5O4Si. The third-order valence-corrected chi connectivity index (χ3v) is 9.20. The number of pyridine rings is 1. The summed E-state index contributed by atoms with van der Waals surface area (Å²) in [7, 11) is 0.528. The molecule has 194 valence electrons. The largest absolute Gasteiger partial charge is 0.465 e. The van der Waals surface area contributed by atoms with Crippen molar-refractivity contribution in [3.05, 3.63) is 44.7 Å². The number of amides is 1. The first-order chi connectivity index (χ1) is 17.0. The number of hydrogen-bond donors (Lipinski definition) is 1. The van der Waals surface area contributed by atoms with E-state index < -0.39 is 14.2 Å². The summed E-state index contributed by atoms with van der Waals surface area (Å²) in [5, 5.41) is 9.26. The number of carboxylic acid groups (broad SMARTS) is 1. The SMILES string of the molecule is Cc1cc(-c2c(Br)c3nc(C4CCN(C(=O)O)CC4)ncc3n2COCC[Si](C)(C)C)cn(C)c1=O. The Morgan fingerprint density at radius 3 is 2.58 bits per heavy atom. The molecule has 1 aliphatic rings. The molecule has 0 unspecified atom stereocenters. The van der Waals surface area contributed by atoms with Gasteiger partial charge in [-0.15, -0.1) is 0 Å². The predicted octanol–water partition coefficient (Wildman–Crippen LogP) is 5.04. The van der Waals surface area contributed by atoms with Crippen LogP contribution in [0.3, 0.4) is 0 Å². The summed E-state index contributed by atoms with van der Waals surface area (Å²) in [6, 6.07) is 2.97. The van der Waals surface area contributed by atoms with Crippen molar-refractivity contribution in [1.82, 2.24) is 24.0 Å². The van der Waals surface area contributed by atoms with E-state index in [1.807, 2.05) is 25.4 Å². The van der Waals surface area contributed by atoms with E-state index in [1.54, 1.807) is 11.6 Å². The van der Waals surface area contributed by atoms with Crippen molar-refractivity contribution < 1.29 is 14.6 Å². The number of halogens is 1. The minimum absolute atomic E-state index is 0.0290. The zero-order valence-electron chi connectivity index (χ0n) is 21.5. The second-order valence-electron chi connectivity index (χ2n) is 10.8. The van der Waals surface area contributed by atoms with Crippen LogP contribution < -0.4 is 5.56 Å². The standard InChI is InChI=1S/C25H34BrN5O4Si/c1-16-12-18(14-29(2)24(16)32)22-20(26)21-19(31(22)15-35-10-11-36(3,4)5)13-27-23(28-21)17-6-8-30(9-7-17)25(33)34/h12-14,17H,6-11,15H2,1-5H3,(H,33,34). The Labute approximate surface area is 220 Å². The highest BCUT2D eigenvalue weighted by molar-refractivity contribution is 9.10. The molecule has 1 fully saturated rings. The van der Waals surface area contributed by atoms with Crippen LogP contribution in [0.2, 0.25) is 25.7 Å². The number of fused-ring (bicyclic) bond motifs is 1. The van der Waals surface area contributed by atoms with Crippen LogP contribution in [0, 0.1) is 6.92 Å². The van der Waals surface area contributed by atoms with Crippen LogP contribution in [0.5, 0.6) is 0 Å². The maximum absolute atomic E-state index is 12.3. The summed E-state index contributed by atoms with van der Waals surface area (Å²) >= 11 is 3.80. The summed E-state index contributed by atoms with van der Waals surface area (Å²) in [6.45, 7) is 10.8. The number of carbonyl (C=O) groups is 1. The molecule has 36 heavy (non-hydrogen) atoms. The second-order valence-corrected chi connectivity index (χ2v) is 17.2.